The van der Waals surface area contributed by atoms with E-state index < -0.39 is 0 Å². The zero-order valence-electron chi connectivity index (χ0n) is 10.4. The van der Waals surface area contributed by atoms with Gasteiger partial charge in [-0.15, -0.1) is 0 Å². The minimum absolute atomic E-state index is 0.358. The Morgan fingerprint density at radius 2 is 2.11 bits per heavy atom. The molecule has 0 bridgehead atoms. The van der Waals surface area contributed by atoms with Crippen molar-refractivity contribution < 1.29 is 0 Å². The molecule has 1 fully saturated rings. The Morgan fingerprint density at radius 3 is 2.74 bits per heavy atom. The molecule has 0 atom stereocenters. The maximum atomic E-state index is 9.31. The van der Waals surface area contributed by atoms with Crippen LogP contribution in [0.25, 0.3) is 5.82 Å². The number of hydrogen-bond donors (Lipinski definition) is 0. The first-order chi connectivity index (χ1) is 9.31. The number of hydrogen-bond acceptors (Lipinski definition) is 3. The zero-order chi connectivity index (χ0) is 13.2. The van der Waals surface area contributed by atoms with E-state index in [4.69, 9.17) is 11.6 Å². The molecule has 1 aliphatic carbocycles. The lowest BCUT2D eigenvalue weighted by molar-refractivity contribution is 0.674. The molecule has 5 heteroatoms. The van der Waals surface area contributed by atoms with Crippen LogP contribution in [0.1, 0.15) is 42.9 Å². The van der Waals surface area contributed by atoms with E-state index in [0.717, 1.165) is 18.5 Å². The highest BCUT2D eigenvalue weighted by Crippen LogP contribution is 2.37. The van der Waals surface area contributed by atoms with Gasteiger partial charge < -0.3 is 0 Å². The van der Waals surface area contributed by atoms with Gasteiger partial charge in [0, 0.05) is 12.1 Å². The standard InChI is InChI=1S/C14H13ClN4/c15-14-11(9-16)13(10-5-1-2-6-10)18-19(14)12-7-3-4-8-17-12/h3-4,7-8,10H,1-2,5-6H2. The molecule has 0 radical (unpaired) electrons. The molecule has 4 nitrogen and oxygen atoms in total. The molecule has 96 valence electrons. The molecule has 1 aliphatic rings. The molecule has 2 heterocycles. The van der Waals surface area contributed by atoms with Crippen LogP contribution in [0.3, 0.4) is 0 Å². The molecule has 0 spiro atoms. The third-order valence-electron chi connectivity index (χ3n) is 3.58. The van der Waals surface area contributed by atoms with Crippen LogP contribution >= 0.6 is 11.6 Å². The van der Waals surface area contributed by atoms with Gasteiger partial charge >= 0.3 is 0 Å². The summed E-state index contributed by atoms with van der Waals surface area (Å²) in [7, 11) is 0. The van der Waals surface area contributed by atoms with E-state index in [9.17, 15) is 5.26 Å². The second-order valence-electron chi connectivity index (χ2n) is 4.74. The fourth-order valence-electron chi connectivity index (χ4n) is 2.63. The highest BCUT2D eigenvalue weighted by atomic mass is 35.5. The van der Waals surface area contributed by atoms with Crippen molar-refractivity contribution in [3.05, 3.63) is 40.8 Å². The summed E-state index contributed by atoms with van der Waals surface area (Å²) in [5, 5.41) is 14.2. The van der Waals surface area contributed by atoms with Gasteiger partial charge in [0.1, 0.15) is 11.6 Å². The molecule has 19 heavy (non-hydrogen) atoms. The minimum Gasteiger partial charge on any atom is -0.237 e. The second-order valence-corrected chi connectivity index (χ2v) is 5.10. The average Bonchev–Trinajstić information content (AvgIpc) is 3.07. The van der Waals surface area contributed by atoms with Crippen molar-refractivity contribution in [3.63, 3.8) is 0 Å². The lowest BCUT2D eigenvalue weighted by Crippen LogP contribution is -2.01. The third-order valence-corrected chi connectivity index (χ3v) is 3.93. The Morgan fingerprint density at radius 1 is 1.32 bits per heavy atom. The second kappa shape index (κ2) is 5.02. The van der Waals surface area contributed by atoms with E-state index in [1.807, 2.05) is 18.2 Å². The van der Waals surface area contributed by atoms with Crippen molar-refractivity contribution in [2.45, 2.75) is 31.6 Å². The molecule has 0 unspecified atom stereocenters. The summed E-state index contributed by atoms with van der Waals surface area (Å²) in [4.78, 5) is 4.23. The molecule has 1 saturated carbocycles. The molecule has 0 aliphatic heterocycles. The number of halogens is 1. The van der Waals surface area contributed by atoms with Gasteiger partial charge in [-0.1, -0.05) is 30.5 Å². The summed E-state index contributed by atoms with van der Waals surface area (Å²) in [6.07, 6.45) is 6.26. The van der Waals surface area contributed by atoms with Gasteiger partial charge in [0.15, 0.2) is 11.0 Å². The largest absolute Gasteiger partial charge is 0.237 e. The SMILES string of the molecule is N#Cc1c(C2CCCC2)nn(-c2ccccn2)c1Cl. The highest BCUT2D eigenvalue weighted by molar-refractivity contribution is 6.31. The van der Waals surface area contributed by atoms with Crippen molar-refractivity contribution in [3.8, 4) is 11.9 Å². The van der Waals surface area contributed by atoms with Gasteiger partial charge in [-0.3, -0.25) is 0 Å². The molecular formula is C14H13ClN4. The van der Waals surface area contributed by atoms with Gasteiger partial charge in [-0.05, 0) is 25.0 Å². The van der Waals surface area contributed by atoms with Crippen molar-refractivity contribution in [2.24, 2.45) is 0 Å². The lowest BCUT2D eigenvalue weighted by atomic mass is 10.0. The quantitative estimate of drug-likeness (QED) is 0.841. The fourth-order valence-corrected chi connectivity index (χ4v) is 2.90. The van der Waals surface area contributed by atoms with Crippen LogP contribution in [-0.4, -0.2) is 14.8 Å². The van der Waals surface area contributed by atoms with Crippen LogP contribution < -0.4 is 0 Å². The monoisotopic (exact) mass is 272 g/mol. The molecule has 2 aromatic rings. The first-order valence-corrected chi connectivity index (χ1v) is 6.79. The Balaban J connectivity index is 2.10. The third kappa shape index (κ3) is 2.11. The van der Waals surface area contributed by atoms with E-state index in [2.05, 4.69) is 16.2 Å². The summed E-state index contributed by atoms with van der Waals surface area (Å²) in [6, 6.07) is 7.73. The van der Waals surface area contributed by atoms with E-state index in [0.29, 0.717) is 22.5 Å². The van der Waals surface area contributed by atoms with E-state index >= 15 is 0 Å². The summed E-state index contributed by atoms with van der Waals surface area (Å²) >= 11 is 6.28. The molecule has 0 amide bonds. The van der Waals surface area contributed by atoms with Gasteiger partial charge in [-0.2, -0.15) is 10.4 Å². The fraction of sp³-hybridized carbons (Fsp3) is 0.357. The average molecular weight is 273 g/mol. The summed E-state index contributed by atoms with van der Waals surface area (Å²) < 4.78 is 1.56. The summed E-state index contributed by atoms with van der Waals surface area (Å²) in [6.45, 7) is 0. The molecule has 0 saturated heterocycles. The topological polar surface area (TPSA) is 54.5 Å². The molecule has 3 rings (SSSR count). The number of aromatic nitrogens is 3. The van der Waals surface area contributed by atoms with Crippen molar-refractivity contribution in [1.82, 2.24) is 14.8 Å². The number of pyridine rings is 1. The van der Waals surface area contributed by atoms with Crippen molar-refractivity contribution in [2.75, 3.05) is 0 Å². The normalized spacial score (nSPS) is 15.6. The van der Waals surface area contributed by atoms with Crippen LogP contribution in [0.4, 0.5) is 0 Å². The maximum absolute atomic E-state index is 9.31. The Bertz CT molecular complexity index is 621. The maximum Gasteiger partial charge on any atom is 0.155 e. The molecular weight excluding hydrogens is 260 g/mol. The van der Waals surface area contributed by atoms with Crippen LogP contribution in [0, 0.1) is 11.3 Å². The minimum atomic E-state index is 0.358. The molecule has 0 N–H and O–H groups in total. The van der Waals surface area contributed by atoms with Gasteiger partial charge in [0.25, 0.3) is 0 Å². The first kappa shape index (κ1) is 12.2. The summed E-state index contributed by atoms with van der Waals surface area (Å²) in [5.74, 6) is 1.00. The first-order valence-electron chi connectivity index (χ1n) is 6.41. The van der Waals surface area contributed by atoms with Crippen LogP contribution in [0.15, 0.2) is 24.4 Å². The predicted octanol–water partition coefficient (Wildman–Crippen LogP) is 3.45. The van der Waals surface area contributed by atoms with Crippen LogP contribution in [0.2, 0.25) is 5.15 Å². The Hall–Kier alpha value is -1.86. The van der Waals surface area contributed by atoms with E-state index in [-0.39, 0.29) is 0 Å². The smallest absolute Gasteiger partial charge is 0.155 e. The zero-order valence-corrected chi connectivity index (χ0v) is 11.1. The summed E-state index contributed by atoms with van der Waals surface area (Å²) in [5.41, 5.74) is 1.33. The number of rotatable bonds is 2. The van der Waals surface area contributed by atoms with Crippen LogP contribution in [-0.2, 0) is 0 Å². The van der Waals surface area contributed by atoms with Gasteiger partial charge in [0.2, 0.25) is 0 Å². The Labute approximate surface area is 116 Å². The lowest BCUT2D eigenvalue weighted by Gasteiger charge is -2.04. The van der Waals surface area contributed by atoms with E-state index in [1.54, 1.807) is 10.9 Å². The van der Waals surface area contributed by atoms with Crippen molar-refractivity contribution in [1.29, 1.82) is 5.26 Å². The molecule has 0 aromatic carbocycles. The predicted molar refractivity (Wildman–Crippen MR) is 72.3 cm³/mol. The van der Waals surface area contributed by atoms with Gasteiger partial charge in [0.05, 0.1) is 5.69 Å². The van der Waals surface area contributed by atoms with E-state index in [1.165, 1.54) is 12.8 Å². The van der Waals surface area contributed by atoms with Crippen LogP contribution in [0.5, 0.6) is 0 Å². The highest BCUT2D eigenvalue weighted by Gasteiger charge is 2.26. The number of nitriles is 1. The molecule has 2 aromatic heterocycles. The number of nitrogens with zero attached hydrogens (tertiary/aromatic N) is 4. The Kier molecular flexibility index (Phi) is 3.22. The van der Waals surface area contributed by atoms with Crippen molar-refractivity contribution >= 4 is 11.6 Å². The van der Waals surface area contributed by atoms with Gasteiger partial charge in [-0.25, -0.2) is 9.67 Å².